The van der Waals surface area contributed by atoms with Crippen LogP contribution in [0.25, 0.3) is 0 Å². The minimum atomic E-state index is -0.0895. The van der Waals surface area contributed by atoms with Crippen LogP contribution >= 0.6 is 0 Å². The van der Waals surface area contributed by atoms with Crippen molar-refractivity contribution < 1.29 is 4.79 Å². The van der Waals surface area contributed by atoms with E-state index in [1.165, 1.54) is 38.5 Å². The number of aromatic nitrogens is 1. The summed E-state index contributed by atoms with van der Waals surface area (Å²) in [6, 6.07) is 3.73. The molecule has 1 aromatic rings. The van der Waals surface area contributed by atoms with Crippen molar-refractivity contribution in [2.24, 2.45) is 17.8 Å². The molecular weight excluding hydrogens is 262 g/mol. The smallest absolute Gasteiger partial charge is 0.320 e. The van der Waals surface area contributed by atoms with Crippen LogP contribution in [-0.2, 0) is 0 Å². The average molecular weight is 285 g/mol. The molecule has 4 aliphatic rings. The van der Waals surface area contributed by atoms with Gasteiger partial charge in [-0.15, -0.1) is 0 Å². The van der Waals surface area contributed by atoms with Gasteiger partial charge in [-0.1, -0.05) is 6.07 Å². The third-order valence-corrected chi connectivity index (χ3v) is 5.57. The molecule has 2 amide bonds. The maximum Gasteiger partial charge on any atom is 0.320 e. The van der Waals surface area contributed by atoms with Crippen molar-refractivity contribution in [3.8, 4) is 0 Å². The number of pyridine rings is 1. The van der Waals surface area contributed by atoms with Crippen molar-refractivity contribution in [1.29, 1.82) is 0 Å². The molecule has 0 atom stereocenters. The Balaban J connectivity index is 1.43. The SMILES string of the molecule is Cc1ccc(NC(=O)NC23CC4CC(CC(C4)C2)C3)nc1. The van der Waals surface area contributed by atoms with Gasteiger partial charge in [0.2, 0.25) is 0 Å². The molecule has 1 aromatic heterocycles. The number of rotatable bonds is 2. The van der Waals surface area contributed by atoms with Crippen LogP contribution in [0.2, 0.25) is 0 Å². The zero-order valence-corrected chi connectivity index (χ0v) is 12.6. The van der Waals surface area contributed by atoms with Crippen molar-refractivity contribution in [1.82, 2.24) is 10.3 Å². The molecule has 4 fully saturated rings. The summed E-state index contributed by atoms with van der Waals surface area (Å²) in [4.78, 5) is 16.6. The summed E-state index contributed by atoms with van der Waals surface area (Å²) in [6.07, 6.45) is 9.47. The van der Waals surface area contributed by atoms with Gasteiger partial charge in [0.1, 0.15) is 5.82 Å². The monoisotopic (exact) mass is 285 g/mol. The second kappa shape index (κ2) is 4.72. The fourth-order valence-electron chi connectivity index (χ4n) is 5.19. The van der Waals surface area contributed by atoms with Crippen molar-refractivity contribution in [3.05, 3.63) is 23.9 Å². The lowest BCUT2D eigenvalue weighted by atomic mass is 9.53. The minimum Gasteiger partial charge on any atom is -0.332 e. The average Bonchev–Trinajstić information content (AvgIpc) is 2.39. The zero-order valence-electron chi connectivity index (χ0n) is 12.6. The predicted molar refractivity (Wildman–Crippen MR) is 82.0 cm³/mol. The van der Waals surface area contributed by atoms with E-state index in [0.717, 1.165) is 23.3 Å². The van der Waals surface area contributed by atoms with Crippen LogP contribution in [0.5, 0.6) is 0 Å². The molecule has 21 heavy (non-hydrogen) atoms. The Hall–Kier alpha value is -1.58. The molecule has 4 heteroatoms. The second-order valence-corrected chi connectivity index (χ2v) is 7.50. The number of aryl methyl sites for hydroxylation is 1. The first kappa shape index (κ1) is 13.1. The van der Waals surface area contributed by atoms with Gasteiger partial charge in [-0.3, -0.25) is 5.32 Å². The van der Waals surface area contributed by atoms with Crippen LogP contribution in [0.4, 0.5) is 10.6 Å². The standard InChI is InChI=1S/C17H23N3O/c1-11-2-3-15(18-10-11)19-16(21)20-17-7-12-4-13(8-17)6-14(5-12)9-17/h2-3,10,12-14H,4-9H2,1H3,(H2,18,19,20,21). The normalized spacial score (nSPS) is 36.5. The molecule has 0 spiro atoms. The number of carbonyl (C=O) groups excluding carboxylic acids is 1. The van der Waals surface area contributed by atoms with E-state index in [9.17, 15) is 4.79 Å². The summed E-state index contributed by atoms with van der Waals surface area (Å²) in [6.45, 7) is 1.99. The Kier molecular flexibility index (Phi) is 2.95. The molecule has 112 valence electrons. The Morgan fingerprint density at radius 3 is 2.29 bits per heavy atom. The predicted octanol–water partition coefficient (Wildman–Crippen LogP) is 3.48. The number of anilines is 1. The van der Waals surface area contributed by atoms with Gasteiger partial charge in [0.05, 0.1) is 0 Å². The molecule has 0 aliphatic heterocycles. The molecule has 4 saturated carbocycles. The first-order valence-electron chi connectivity index (χ1n) is 8.12. The first-order valence-corrected chi connectivity index (χ1v) is 8.12. The second-order valence-electron chi connectivity index (χ2n) is 7.50. The van der Waals surface area contributed by atoms with Gasteiger partial charge in [0, 0.05) is 11.7 Å². The summed E-state index contributed by atoms with van der Waals surface area (Å²) in [7, 11) is 0. The molecular formula is C17H23N3O. The number of urea groups is 1. The minimum absolute atomic E-state index is 0.0591. The van der Waals surface area contributed by atoms with E-state index in [2.05, 4.69) is 15.6 Å². The third-order valence-electron chi connectivity index (χ3n) is 5.57. The Bertz CT molecular complexity index is 516. The maximum atomic E-state index is 12.3. The van der Waals surface area contributed by atoms with Gasteiger partial charge < -0.3 is 5.32 Å². The van der Waals surface area contributed by atoms with Crippen LogP contribution in [0, 0.1) is 24.7 Å². The molecule has 4 nitrogen and oxygen atoms in total. The van der Waals surface area contributed by atoms with E-state index in [0.29, 0.717) is 5.82 Å². The van der Waals surface area contributed by atoms with Gasteiger partial charge in [-0.05, 0) is 74.8 Å². The number of hydrogen-bond acceptors (Lipinski definition) is 2. The van der Waals surface area contributed by atoms with Gasteiger partial charge in [0.15, 0.2) is 0 Å². The van der Waals surface area contributed by atoms with Crippen molar-refractivity contribution >= 4 is 11.8 Å². The van der Waals surface area contributed by atoms with Crippen LogP contribution in [-0.4, -0.2) is 16.6 Å². The summed E-state index contributed by atoms with van der Waals surface area (Å²) >= 11 is 0. The molecule has 0 saturated heterocycles. The maximum absolute atomic E-state index is 12.3. The van der Waals surface area contributed by atoms with Crippen LogP contribution in [0.1, 0.15) is 44.1 Å². The van der Waals surface area contributed by atoms with Crippen molar-refractivity contribution in [2.75, 3.05) is 5.32 Å². The zero-order chi connectivity index (χ0) is 14.4. The highest BCUT2D eigenvalue weighted by Crippen LogP contribution is 2.55. The topological polar surface area (TPSA) is 54.0 Å². The lowest BCUT2D eigenvalue weighted by Gasteiger charge is -2.56. The van der Waals surface area contributed by atoms with Crippen molar-refractivity contribution in [3.63, 3.8) is 0 Å². The number of hydrogen-bond donors (Lipinski definition) is 2. The Morgan fingerprint density at radius 2 is 1.76 bits per heavy atom. The molecule has 0 radical (unpaired) electrons. The van der Waals surface area contributed by atoms with Crippen molar-refractivity contribution in [2.45, 2.75) is 51.0 Å². The van der Waals surface area contributed by atoms with E-state index in [1.54, 1.807) is 6.20 Å². The number of nitrogens with zero attached hydrogens (tertiary/aromatic N) is 1. The molecule has 1 heterocycles. The molecule has 0 unspecified atom stereocenters. The molecule has 5 rings (SSSR count). The van der Waals surface area contributed by atoms with Gasteiger partial charge >= 0.3 is 6.03 Å². The Labute approximate surface area is 125 Å². The number of nitrogens with one attached hydrogen (secondary N) is 2. The summed E-state index contributed by atoms with van der Waals surface area (Å²) in [5.41, 5.74) is 1.16. The summed E-state index contributed by atoms with van der Waals surface area (Å²) in [5.74, 6) is 3.15. The van der Waals surface area contributed by atoms with E-state index in [4.69, 9.17) is 0 Å². The summed E-state index contributed by atoms with van der Waals surface area (Å²) < 4.78 is 0. The van der Waals surface area contributed by atoms with Crippen LogP contribution in [0.3, 0.4) is 0 Å². The molecule has 0 aromatic carbocycles. The highest BCUT2D eigenvalue weighted by molar-refractivity contribution is 5.88. The van der Waals surface area contributed by atoms with E-state index in [-0.39, 0.29) is 11.6 Å². The van der Waals surface area contributed by atoms with E-state index < -0.39 is 0 Å². The highest BCUT2D eigenvalue weighted by atomic mass is 16.2. The Morgan fingerprint density at radius 1 is 1.14 bits per heavy atom. The summed E-state index contributed by atoms with van der Waals surface area (Å²) in [5, 5.41) is 6.18. The largest absolute Gasteiger partial charge is 0.332 e. The first-order chi connectivity index (χ1) is 10.1. The lowest BCUT2D eigenvalue weighted by Crippen LogP contribution is -2.60. The van der Waals surface area contributed by atoms with Crippen LogP contribution < -0.4 is 10.6 Å². The fourth-order valence-corrected chi connectivity index (χ4v) is 5.19. The third kappa shape index (κ3) is 2.52. The number of amides is 2. The molecule has 4 bridgehead atoms. The lowest BCUT2D eigenvalue weighted by molar-refractivity contribution is -0.0127. The van der Waals surface area contributed by atoms with Crippen LogP contribution in [0.15, 0.2) is 18.3 Å². The van der Waals surface area contributed by atoms with Gasteiger partial charge in [-0.25, -0.2) is 9.78 Å². The van der Waals surface area contributed by atoms with E-state index >= 15 is 0 Å². The van der Waals surface area contributed by atoms with Gasteiger partial charge in [-0.2, -0.15) is 0 Å². The molecule has 4 aliphatic carbocycles. The fraction of sp³-hybridized carbons (Fsp3) is 0.647. The highest BCUT2D eigenvalue weighted by Gasteiger charge is 2.51. The van der Waals surface area contributed by atoms with Gasteiger partial charge in [0.25, 0.3) is 0 Å². The van der Waals surface area contributed by atoms with E-state index in [1.807, 2.05) is 19.1 Å². The molecule has 2 N–H and O–H groups in total. The quantitative estimate of drug-likeness (QED) is 0.874. The number of carbonyl (C=O) groups is 1.